The van der Waals surface area contributed by atoms with Gasteiger partial charge >= 0.3 is 0 Å². The average Bonchev–Trinajstić information content (AvgIpc) is 2.80. The zero-order valence-electron chi connectivity index (χ0n) is 16.0. The van der Waals surface area contributed by atoms with E-state index in [9.17, 15) is 4.79 Å². The third kappa shape index (κ3) is 4.93. The van der Waals surface area contributed by atoms with Crippen molar-refractivity contribution in [2.24, 2.45) is 0 Å². The zero-order valence-corrected chi connectivity index (χ0v) is 16.0. The molecule has 4 nitrogen and oxygen atoms in total. The van der Waals surface area contributed by atoms with Gasteiger partial charge in [-0.3, -0.25) is 4.79 Å². The molecule has 29 heavy (non-hydrogen) atoms. The van der Waals surface area contributed by atoms with Crippen LogP contribution >= 0.6 is 0 Å². The Bertz CT molecular complexity index is 1080. The normalized spacial score (nSPS) is 10.5. The van der Waals surface area contributed by atoms with Gasteiger partial charge < -0.3 is 5.32 Å². The van der Waals surface area contributed by atoms with Crippen molar-refractivity contribution in [3.05, 3.63) is 109 Å². The minimum absolute atomic E-state index is 0.0302. The van der Waals surface area contributed by atoms with Crippen LogP contribution in [0.4, 0.5) is 0 Å². The maximum Gasteiger partial charge on any atom is 0.224 e. The Labute approximate surface area is 170 Å². The van der Waals surface area contributed by atoms with Gasteiger partial charge in [-0.25, -0.2) is 9.97 Å². The summed E-state index contributed by atoms with van der Waals surface area (Å²) in [6, 6.07) is 30.1. The molecule has 0 aliphatic carbocycles. The number of rotatable bonds is 6. The number of benzene rings is 3. The molecule has 4 heteroatoms. The van der Waals surface area contributed by atoms with Crippen LogP contribution in [-0.4, -0.2) is 15.9 Å². The van der Waals surface area contributed by atoms with E-state index < -0.39 is 0 Å². The van der Waals surface area contributed by atoms with Gasteiger partial charge in [0.1, 0.15) is 6.33 Å². The van der Waals surface area contributed by atoms with Gasteiger partial charge in [-0.1, -0.05) is 84.9 Å². The summed E-state index contributed by atoms with van der Waals surface area (Å²) in [7, 11) is 0. The molecule has 0 spiro atoms. The van der Waals surface area contributed by atoms with Crippen LogP contribution in [0.5, 0.6) is 0 Å². The van der Waals surface area contributed by atoms with E-state index in [4.69, 9.17) is 0 Å². The lowest BCUT2D eigenvalue weighted by Crippen LogP contribution is -2.25. The van der Waals surface area contributed by atoms with Crippen LogP contribution in [0.15, 0.2) is 97.3 Å². The van der Waals surface area contributed by atoms with Gasteiger partial charge in [0.25, 0.3) is 0 Å². The molecule has 0 saturated carbocycles. The molecule has 1 heterocycles. The van der Waals surface area contributed by atoms with Crippen molar-refractivity contribution in [3.63, 3.8) is 0 Å². The summed E-state index contributed by atoms with van der Waals surface area (Å²) in [4.78, 5) is 20.9. The average molecular weight is 379 g/mol. The predicted octanol–water partition coefficient (Wildman–Crippen LogP) is 4.67. The van der Waals surface area contributed by atoms with Gasteiger partial charge in [0.2, 0.25) is 5.91 Å². The first kappa shape index (κ1) is 18.6. The third-order valence-electron chi connectivity index (χ3n) is 4.69. The van der Waals surface area contributed by atoms with Crippen molar-refractivity contribution >= 4 is 5.91 Å². The van der Waals surface area contributed by atoms with E-state index in [0.717, 1.165) is 28.1 Å². The summed E-state index contributed by atoms with van der Waals surface area (Å²) in [5, 5.41) is 2.94. The van der Waals surface area contributed by atoms with Crippen LogP contribution in [-0.2, 0) is 17.8 Å². The number of hydrogen-bond acceptors (Lipinski definition) is 3. The van der Waals surface area contributed by atoms with E-state index in [1.54, 1.807) is 0 Å². The molecule has 3 aromatic carbocycles. The second-order valence-corrected chi connectivity index (χ2v) is 6.78. The van der Waals surface area contributed by atoms with Crippen molar-refractivity contribution in [2.45, 2.75) is 13.0 Å². The van der Waals surface area contributed by atoms with Crippen LogP contribution in [0.2, 0.25) is 0 Å². The third-order valence-corrected chi connectivity index (χ3v) is 4.69. The molecule has 142 valence electrons. The monoisotopic (exact) mass is 379 g/mol. The Hall–Kier alpha value is -3.79. The summed E-state index contributed by atoms with van der Waals surface area (Å²) in [5.41, 5.74) is 5.95. The molecule has 0 saturated heterocycles. The first-order valence-electron chi connectivity index (χ1n) is 9.55. The number of nitrogens with zero attached hydrogens (tertiary/aromatic N) is 2. The molecule has 0 radical (unpaired) electrons. The SMILES string of the molecule is O=C(Cc1ccc(-c2ccccc2)cc1)NCc1cc(-c2ccccc2)ncn1. The molecular weight excluding hydrogens is 358 g/mol. The maximum atomic E-state index is 12.3. The van der Waals surface area contributed by atoms with Gasteiger partial charge in [0.05, 0.1) is 24.4 Å². The Morgan fingerprint density at radius 3 is 2.03 bits per heavy atom. The standard InChI is InChI=1S/C25H21N3O/c29-25(15-19-11-13-21(14-12-19)20-7-3-1-4-8-20)26-17-23-16-24(28-18-27-23)22-9-5-2-6-10-22/h1-14,16,18H,15,17H2,(H,26,29). The molecule has 0 aliphatic rings. The van der Waals surface area contributed by atoms with Crippen molar-refractivity contribution in [3.8, 4) is 22.4 Å². The summed E-state index contributed by atoms with van der Waals surface area (Å²) in [5.74, 6) is -0.0302. The van der Waals surface area contributed by atoms with Crippen molar-refractivity contribution < 1.29 is 4.79 Å². The summed E-state index contributed by atoms with van der Waals surface area (Å²) in [6.45, 7) is 0.378. The lowest BCUT2D eigenvalue weighted by molar-refractivity contribution is -0.120. The van der Waals surface area contributed by atoms with Gasteiger partial charge in [-0.2, -0.15) is 0 Å². The number of aromatic nitrogens is 2. The zero-order chi connectivity index (χ0) is 19.9. The fraction of sp³-hybridized carbons (Fsp3) is 0.0800. The number of carbonyl (C=O) groups excluding carboxylic acids is 1. The number of hydrogen-bond donors (Lipinski definition) is 1. The highest BCUT2D eigenvalue weighted by Gasteiger charge is 2.06. The number of amides is 1. The van der Waals surface area contributed by atoms with E-state index in [2.05, 4.69) is 39.6 Å². The first-order valence-corrected chi connectivity index (χ1v) is 9.55. The minimum atomic E-state index is -0.0302. The lowest BCUT2D eigenvalue weighted by atomic mass is 10.0. The second-order valence-electron chi connectivity index (χ2n) is 6.78. The molecule has 0 atom stereocenters. The van der Waals surface area contributed by atoms with Gasteiger partial charge in [-0.15, -0.1) is 0 Å². The smallest absolute Gasteiger partial charge is 0.224 e. The second kappa shape index (κ2) is 8.93. The quantitative estimate of drug-likeness (QED) is 0.530. The summed E-state index contributed by atoms with van der Waals surface area (Å²) < 4.78 is 0. The molecular formula is C25H21N3O. The molecule has 4 aromatic rings. The molecule has 0 unspecified atom stereocenters. The maximum absolute atomic E-state index is 12.3. The van der Waals surface area contributed by atoms with Crippen molar-refractivity contribution in [1.29, 1.82) is 0 Å². The van der Waals surface area contributed by atoms with Crippen LogP contribution < -0.4 is 5.32 Å². The van der Waals surface area contributed by atoms with Crippen LogP contribution in [0.25, 0.3) is 22.4 Å². The predicted molar refractivity (Wildman–Crippen MR) is 115 cm³/mol. The number of carbonyl (C=O) groups is 1. The largest absolute Gasteiger partial charge is 0.350 e. The topological polar surface area (TPSA) is 54.9 Å². The van der Waals surface area contributed by atoms with Gasteiger partial charge in [0.15, 0.2) is 0 Å². The summed E-state index contributed by atoms with van der Waals surface area (Å²) >= 11 is 0. The van der Waals surface area contributed by atoms with E-state index in [-0.39, 0.29) is 5.91 Å². The van der Waals surface area contributed by atoms with Gasteiger partial charge in [0, 0.05) is 5.56 Å². The van der Waals surface area contributed by atoms with Gasteiger partial charge in [-0.05, 0) is 22.8 Å². The summed E-state index contributed by atoms with van der Waals surface area (Å²) in [6.07, 6.45) is 1.87. The Morgan fingerprint density at radius 1 is 0.724 bits per heavy atom. The van der Waals surface area contributed by atoms with E-state index >= 15 is 0 Å². The highest BCUT2D eigenvalue weighted by Crippen LogP contribution is 2.19. The molecule has 0 aliphatic heterocycles. The highest BCUT2D eigenvalue weighted by molar-refractivity contribution is 5.78. The Balaban J connectivity index is 1.35. The van der Waals surface area contributed by atoms with Crippen LogP contribution in [0, 0.1) is 0 Å². The van der Waals surface area contributed by atoms with E-state index in [1.807, 2.05) is 66.7 Å². The molecule has 1 aromatic heterocycles. The fourth-order valence-electron chi connectivity index (χ4n) is 3.14. The van der Waals surface area contributed by atoms with Crippen molar-refractivity contribution in [1.82, 2.24) is 15.3 Å². The Kier molecular flexibility index (Phi) is 5.72. The molecule has 1 N–H and O–H groups in total. The molecule has 1 amide bonds. The van der Waals surface area contributed by atoms with Crippen molar-refractivity contribution in [2.75, 3.05) is 0 Å². The number of nitrogens with one attached hydrogen (secondary N) is 1. The Morgan fingerprint density at radius 2 is 1.34 bits per heavy atom. The first-order chi connectivity index (χ1) is 14.3. The highest BCUT2D eigenvalue weighted by atomic mass is 16.1. The molecule has 0 bridgehead atoms. The lowest BCUT2D eigenvalue weighted by Gasteiger charge is -2.07. The minimum Gasteiger partial charge on any atom is -0.350 e. The van der Waals surface area contributed by atoms with Crippen LogP contribution in [0.3, 0.4) is 0 Å². The van der Waals surface area contributed by atoms with Crippen LogP contribution in [0.1, 0.15) is 11.3 Å². The molecule has 4 rings (SSSR count). The van der Waals surface area contributed by atoms with E-state index in [0.29, 0.717) is 13.0 Å². The fourth-order valence-corrected chi connectivity index (χ4v) is 3.14. The molecule has 0 fully saturated rings. The van der Waals surface area contributed by atoms with E-state index in [1.165, 1.54) is 11.9 Å².